The third-order valence-corrected chi connectivity index (χ3v) is 3.78. The van der Waals surface area contributed by atoms with Crippen molar-refractivity contribution >= 4 is 32.4 Å². The van der Waals surface area contributed by atoms with E-state index in [0.717, 1.165) is 15.0 Å². The summed E-state index contributed by atoms with van der Waals surface area (Å²) in [6, 6.07) is 6.34. The molecule has 1 aromatic carbocycles. The van der Waals surface area contributed by atoms with E-state index >= 15 is 0 Å². The van der Waals surface area contributed by atoms with Crippen LogP contribution in [0.15, 0.2) is 22.0 Å². The number of nitrogen functional groups attached to an aromatic ring is 1. The highest BCUT2D eigenvalue weighted by Gasteiger charge is 2.11. The highest BCUT2D eigenvalue weighted by atomic mass is 79.9. The van der Waals surface area contributed by atoms with Gasteiger partial charge in [0.2, 0.25) is 0 Å². The third kappa shape index (κ3) is 2.06. The van der Waals surface area contributed by atoms with Crippen LogP contribution in [0.2, 0.25) is 0 Å². The van der Waals surface area contributed by atoms with Crippen molar-refractivity contribution in [1.29, 1.82) is 0 Å². The zero-order chi connectivity index (χ0) is 11.0. The summed E-state index contributed by atoms with van der Waals surface area (Å²) < 4.78 is 0.994. The van der Waals surface area contributed by atoms with Crippen LogP contribution in [-0.2, 0) is 0 Å². The maximum atomic E-state index is 5.68. The summed E-state index contributed by atoms with van der Waals surface area (Å²) in [5.41, 5.74) is 10.2. The topological polar surface area (TPSA) is 38.9 Å². The fourth-order valence-electron chi connectivity index (χ4n) is 1.47. The lowest BCUT2D eigenvalue weighted by molar-refractivity contribution is 1.34. The second kappa shape index (κ2) is 3.94. The Hall–Kier alpha value is -0.870. The van der Waals surface area contributed by atoms with Gasteiger partial charge >= 0.3 is 0 Å². The van der Waals surface area contributed by atoms with Gasteiger partial charge in [0.25, 0.3) is 0 Å². The highest BCUT2D eigenvalue weighted by molar-refractivity contribution is 9.11. The summed E-state index contributed by atoms with van der Waals surface area (Å²) in [5, 5.41) is 0.595. The molecule has 0 saturated carbocycles. The summed E-state index contributed by atoms with van der Waals surface area (Å²) in [4.78, 5) is 4.33. The van der Waals surface area contributed by atoms with Crippen LogP contribution in [0.1, 0.15) is 11.1 Å². The molecule has 78 valence electrons. The summed E-state index contributed by atoms with van der Waals surface area (Å²) in [5.74, 6) is 0. The minimum absolute atomic E-state index is 0.595. The van der Waals surface area contributed by atoms with Crippen molar-refractivity contribution in [3.63, 3.8) is 0 Å². The van der Waals surface area contributed by atoms with E-state index in [0.29, 0.717) is 5.13 Å². The van der Waals surface area contributed by atoms with Gasteiger partial charge in [0.15, 0.2) is 5.13 Å². The van der Waals surface area contributed by atoms with Crippen LogP contribution in [0.5, 0.6) is 0 Å². The van der Waals surface area contributed by atoms with Crippen molar-refractivity contribution in [2.45, 2.75) is 13.8 Å². The summed E-state index contributed by atoms with van der Waals surface area (Å²) in [6.07, 6.45) is 0. The molecule has 0 aliphatic heterocycles. The van der Waals surface area contributed by atoms with Crippen molar-refractivity contribution in [3.05, 3.63) is 33.1 Å². The van der Waals surface area contributed by atoms with Gasteiger partial charge in [-0.15, -0.1) is 0 Å². The van der Waals surface area contributed by atoms with Crippen molar-refractivity contribution in [2.24, 2.45) is 0 Å². The van der Waals surface area contributed by atoms with E-state index < -0.39 is 0 Å². The Morgan fingerprint density at radius 3 is 2.67 bits per heavy atom. The minimum Gasteiger partial charge on any atom is -0.375 e. The van der Waals surface area contributed by atoms with Gasteiger partial charge in [0.05, 0.1) is 9.48 Å². The monoisotopic (exact) mass is 282 g/mol. The Morgan fingerprint density at radius 2 is 2.07 bits per heavy atom. The molecule has 0 aliphatic carbocycles. The van der Waals surface area contributed by atoms with Crippen LogP contribution < -0.4 is 5.73 Å². The number of anilines is 1. The highest BCUT2D eigenvalue weighted by Crippen LogP contribution is 2.35. The number of benzene rings is 1. The molecular formula is C11H11BrN2S. The molecule has 2 N–H and O–H groups in total. The number of halogens is 1. The van der Waals surface area contributed by atoms with Gasteiger partial charge in [-0.1, -0.05) is 29.0 Å². The molecule has 0 radical (unpaired) electrons. The first-order valence-electron chi connectivity index (χ1n) is 4.57. The predicted octanol–water partition coefficient (Wildman–Crippen LogP) is 3.77. The molecule has 0 spiro atoms. The SMILES string of the molecule is Cc1ccc(C)c(-c2nc(N)sc2Br)c1. The van der Waals surface area contributed by atoms with Crippen LogP contribution in [0.25, 0.3) is 11.3 Å². The van der Waals surface area contributed by atoms with E-state index in [-0.39, 0.29) is 0 Å². The molecule has 0 saturated heterocycles. The van der Waals surface area contributed by atoms with Crippen LogP contribution in [-0.4, -0.2) is 4.98 Å². The number of aromatic nitrogens is 1. The normalized spacial score (nSPS) is 10.6. The number of nitrogens with two attached hydrogens (primary N) is 1. The molecule has 15 heavy (non-hydrogen) atoms. The molecule has 0 fully saturated rings. The van der Waals surface area contributed by atoms with Gasteiger partial charge in [-0.25, -0.2) is 4.98 Å². The first-order valence-corrected chi connectivity index (χ1v) is 6.18. The molecule has 1 heterocycles. The van der Waals surface area contributed by atoms with Gasteiger partial charge in [-0.2, -0.15) is 0 Å². The lowest BCUT2D eigenvalue weighted by atomic mass is 10.0. The van der Waals surface area contributed by atoms with Crippen LogP contribution >= 0.6 is 27.3 Å². The largest absolute Gasteiger partial charge is 0.375 e. The maximum absolute atomic E-state index is 5.68. The number of hydrogen-bond donors (Lipinski definition) is 1. The Bertz CT molecular complexity index is 505. The molecule has 0 aliphatic rings. The molecule has 0 atom stereocenters. The quantitative estimate of drug-likeness (QED) is 0.865. The predicted molar refractivity (Wildman–Crippen MR) is 69.1 cm³/mol. The average Bonchev–Trinajstić information content (AvgIpc) is 2.50. The second-order valence-corrected chi connectivity index (χ2v) is 5.84. The van der Waals surface area contributed by atoms with E-state index in [1.165, 1.54) is 22.5 Å². The zero-order valence-electron chi connectivity index (χ0n) is 8.54. The van der Waals surface area contributed by atoms with Gasteiger partial charge in [-0.3, -0.25) is 0 Å². The van der Waals surface area contributed by atoms with Crippen molar-refractivity contribution in [1.82, 2.24) is 4.98 Å². The third-order valence-electron chi connectivity index (χ3n) is 2.25. The van der Waals surface area contributed by atoms with Crippen LogP contribution in [0.4, 0.5) is 5.13 Å². The minimum atomic E-state index is 0.595. The van der Waals surface area contributed by atoms with E-state index in [9.17, 15) is 0 Å². The second-order valence-electron chi connectivity index (χ2n) is 3.49. The Kier molecular flexibility index (Phi) is 2.80. The Labute approximate surface area is 101 Å². The lowest BCUT2D eigenvalue weighted by Crippen LogP contribution is -1.87. The molecule has 0 bridgehead atoms. The fraction of sp³-hybridized carbons (Fsp3) is 0.182. The summed E-state index contributed by atoms with van der Waals surface area (Å²) in [6.45, 7) is 4.16. The molecule has 2 rings (SSSR count). The first-order chi connectivity index (χ1) is 7.08. The van der Waals surface area contributed by atoms with Crippen molar-refractivity contribution < 1.29 is 0 Å². The Morgan fingerprint density at radius 1 is 1.33 bits per heavy atom. The Balaban J connectivity index is 2.62. The van der Waals surface area contributed by atoms with Gasteiger partial charge in [0.1, 0.15) is 0 Å². The van der Waals surface area contributed by atoms with Gasteiger partial charge in [0, 0.05) is 5.56 Å². The molecule has 0 amide bonds. The molecule has 2 nitrogen and oxygen atoms in total. The van der Waals surface area contributed by atoms with E-state index in [1.807, 2.05) is 0 Å². The summed E-state index contributed by atoms with van der Waals surface area (Å²) >= 11 is 4.95. The van der Waals surface area contributed by atoms with E-state index in [4.69, 9.17) is 5.73 Å². The van der Waals surface area contributed by atoms with Gasteiger partial charge in [-0.05, 0) is 41.4 Å². The van der Waals surface area contributed by atoms with E-state index in [1.54, 1.807) is 0 Å². The molecule has 0 unspecified atom stereocenters. The zero-order valence-corrected chi connectivity index (χ0v) is 10.9. The van der Waals surface area contributed by atoms with Crippen molar-refractivity contribution in [2.75, 3.05) is 5.73 Å². The molecule has 2 aromatic rings. The average molecular weight is 283 g/mol. The molecular weight excluding hydrogens is 272 g/mol. The number of rotatable bonds is 1. The van der Waals surface area contributed by atoms with Crippen molar-refractivity contribution in [3.8, 4) is 11.3 Å². The number of hydrogen-bond acceptors (Lipinski definition) is 3. The maximum Gasteiger partial charge on any atom is 0.181 e. The van der Waals surface area contributed by atoms with Crippen LogP contribution in [0, 0.1) is 13.8 Å². The lowest BCUT2D eigenvalue weighted by Gasteiger charge is -2.04. The molecule has 1 aromatic heterocycles. The number of nitrogens with zero attached hydrogens (tertiary/aromatic N) is 1. The van der Waals surface area contributed by atoms with Crippen LogP contribution in [0.3, 0.4) is 0 Å². The van der Waals surface area contributed by atoms with E-state index in [2.05, 4.69) is 53.0 Å². The summed E-state index contributed by atoms with van der Waals surface area (Å²) in [7, 11) is 0. The fourth-order valence-corrected chi connectivity index (χ4v) is 2.85. The first kappa shape index (κ1) is 10.6. The molecule has 4 heteroatoms. The number of thiazole rings is 1. The van der Waals surface area contributed by atoms with Gasteiger partial charge < -0.3 is 5.73 Å². The number of aryl methyl sites for hydroxylation is 2. The standard InChI is InChI=1S/C11H11BrN2S/c1-6-3-4-7(2)8(5-6)9-10(12)15-11(13)14-9/h3-5H,1-2H3,(H2,13,14). The smallest absolute Gasteiger partial charge is 0.181 e.